The van der Waals surface area contributed by atoms with E-state index >= 15 is 0 Å². The van der Waals surface area contributed by atoms with Gasteiger partial charge in [-0.25, -0.2) is 4.98 Å². The molecule has 1 saturated carbocycles. The molecule has 1 aromatic rings. The van der Waals surface area contributed by atoms with Crippen LogP contribution in [0.4, 0.5) is 0 Å². The van der Waals surface area contributed by atoms with Crippen LogP contribution in [0.2, 0.25) is 0 Å². The Bertz CT molecular complexity index is 342. The molecule has 1 aromatic heterocycles. The molecule has 2 rings (SSSR count). The Kier molecular flexibility index (Phi) is 3.24. The quantitative estimate of drug-likeness (QED) is 0.777. The maximum absolute atomic E-state index is 11.2. The summed E-state index contributed by atoms with van der Waals surface area (Å²) in [5.41, 5.74) is -0.680. The monoisotopic (exact) mass is 223 g/mol. The summed E-state index contributed by atoms with van der Waals surface area (Å²) in [6.45, 7) is 1.43. The summed E-state index contributed by atoms with van der Waals surface area (Å²) in [6, 6.07) is 0. The van der Waals surface area contributed by atoms with Crippen molar-refractivity contribution < 1.29 is 9.90 Å². The molecular formula is C11H17N3O2. The van der Waals surface area contributed by atoms with Crippen LogP contribution < -0.4 is 5.32 Å². The zero-order valence-corrected chi connectivity index (χ0v) is 9.22. The van der Waals surface area contributed by atoms with Crippen LogP contribution >= 0.6 is 0 Å². The minimum absolute atomic E-state index is 0.669. The molecule has 1 aliphatic rings. The lowest BCUT2D eigenvalue weighted by molar-refractivity contribution is -0.144. The molecule has 5 nitrogen and oxygen atoms in total. The molecule has 5 heteroatoms. The minimum atomic E-state index is -0.712. The SMILES string of the molecule is O=C(O)C1(NCCn2ccnc2)CCCC1. The predicted octanol–water partition coefficient (Wildman–Crippen LogP) is 0.870. The number of carbonyl (C=O) groups is 1. The van der Waals surface area contributed by atoms with Crippen LogP contribution in [-0.2, 0) is 11.3 Å². The van der Waals surface area contributed by atoms with E-state index in [9.17, 15) is 9.90 Å². The Morgan fingerprint density at radius 2 is 2.25 bits per heavy atom. The lowest BCUT2D eigenvalue weighted by atomic mass is 9.98. The summed E-state index contributed by atoms with van der Waals surface area (Å²) >= 11 is 0. The van der Waals surface area contributed by atoms with E-state index in [-0.39, 0.29) is 0 Å². The van der Waals surface area contributed by atoms with Crippen LogP contribution in [0.25, 0.3) is 0 Å². The highest BCUT2D eigenvalue weighted by Crippen LogP contribution is 2.29. The first-order valence-electron chi connectivity index (χ1n) is 5.67. The number of rotatable bonds is 5. The van der Waals surface area contributed by atoms with E-state index in [1.807, 2.05) is 10.8 Å². The fourth-order valence-corrected chi connectivity index (χ4v) is 2.29. The third-order valence-corrected chi connectivity index (χ3v) is 3.26. The van der Waals surface area contributed by atoms with Crippen LogP contribution in [0.3, 0.4) is 0 Å². The van der Waals surface area contributed by atoms with Crippen molar-refractivity contribution in [2.24, 2.45) is 0 Å². The molecular weight excluding hydrogens is 206 g/mol. The van der Waals surface area contributed by atoms with E-state index in [0.717, 1.165) is 32.2 Å². The second-order valence-electron chi connectivity index (χ2n) is 4.32. The van der Waals surface area contributed by atoms with Crippen molar-refractivity contribution >= 4 is 5.97 Å². The predicted molar refractivity (Wildman–Crippen MR) is 59.1 cm³/mol. The van der Waals surface area contributed by atoms with Crippen molar-refractivity contribution in [3.05, 3.63) is 18.7 Å². The first kappa shape index (κ1) is 11.1. The van der Waals surface area contributed by atoms with Gasteiger partial charge in [-0.15, -0.1) is 0 Å². The van der Waals surface area contributed by atoms with Gasteiger partial charge in [0.2, 0.25) is 0 Å². The number of carboxylic acid groups (broad SMARTS) is 1. The number of nitrogens with one attached hydrogen (secondary N) is 1. The van der Waals surface area contributed by atoms with E-state index in [1.54, 1.807) is 12.5 Å². The van der Waals surface area contributed by atoms with E-state index in [0.29, 0.717) is 6.54 Å². The molecule has 0 atom stereocenters. The maximum atomic E-state index is 11.2. The molecule has 1 heterocycles. The second kappa shape index (κ2) is 4.65. The molecule has 0 amide bonds. The number of aromatic nitrogens is 2. The van der Waals surface area contributed by atoms with Crippen LogP contribution in [0.15, 0.2) is 18.7 Å². The van der Waals surface area contributed by atoms with E-state index in [2.05, 4.69) is 10.3 Å². The zero-order valence-electron chi connectivity index (χ0n) is 9.22. The molecule has 0 radical (unpaired) electrons. The molecule has 1 fully saturated rings. The number of hydrogen-bond acceptors (Lipinski definition) is 3. The average molecular weight is 223 g/mol. The highest BCUT2D eigenvalue weighted by Gasteiger charge is 2.40. The first-order chi connectivity index (χ1) is 7.73. The van der Waals surface area contributed by atoms with Crippen molar-refractivity contribution in [2.75, 3.05) is 6.54 Å². The fourth-order valence-electron chi connectivity index (χ4n) is 2.29. The Morgan fingerprint density at radius 1 is 1.50 bits per heavy atom. The molecule has 16 heavy (non-hydrogen) atoms. The van der Waals surface area contributed by atoms with Crippen molar-refractivity contribution in [1.82, 2.24) is 14.9 Å². The number of carboxylic acids is 1. The maximum Gasteiger partial charge on any atom is 0.323 e. The topological polar surface area (TPSA) is 67.2 Å². The number of nitrogens with zero attached hydrogens (tertiary/aromatic N) is 2. The number of hydrogen-bond donors (Lipinski definition) is 2. The van der Waals surface area contributed by atoms with Gasteiger partial charge in [0.05, 0.1) is 6.33 Å². The molecule has 0 aromatic carbocycles. The second-order valence-corrected chi connectivity index (χ2v) is 4.32. The summed E-state index contributed by atoms with van der Waals surface area (Å²) in [4.78, 5) is 15.2. The van der Waals surface area contributed by atoms with Gasteiger partial charge in [0.15, 0.2) is 0 Å². The number of aliphatic carboxylic acids is 1. The van der Waals surface area contributed by atoms with Crippen LogP contribution in [-0.4, -0.2) is 32.7 Å². The molecule has 0 aliphatic heterocycles. The van der Waals surface area contributed by atoms with Gasteiger partial charge in [0.25, 0.3) is 0 Å². The Hall–Kier alpha value is -1.36. The van der Waals surface area contributed by atoms with E-state index < -0.39 is 11.5 Å². The van der Waals surface area contributed by atoms with Crippen molar-refractivity contribution in [1.29, 1.82) is 0 Å². The van der Waals surface area contributed by atoms with Gasteiger partial charge >= 0.3 is 5.97 Å². The molecule has 0 unspecified atom stereocenters. The molecule has 2 N–H and O–H groups in total. The van der Waals surface area contributed by atoms with Crippen molar-refractivity contribution in [3.8, 4) is 0 Å². The molecule has 1 aliphatic carbocycles. The standard InChI is InChI=1S/C11H17N3O2/c15-10(16)11(3-1-2-4-11)13-6-8-14-7-5-12-9-14/h5,7,9,13H,1-4,6,8H2,(H,15,16). The lowest BCUT2D eigenvalue weighted by Gasteiger charge is -2.25. The van der Waals surface area contributed by atoms with Gasteiger partial charge < -0.3 is 15.0 Å². The van der Waals surface area contributed by atoms with Gasteiger partial charge in [0.1, 0.15) is 5.54 Å². The smallest absolute Gasteiger partial charge is 0.323 e. The molecule has 0 bridgehead atoms. The van der Waals surface area contributed by atoms with E-state index in [4.69, 9.17) is 0 Å². The summed E-state index contributed by atoms with van der Waals surface area (Å²) in [6.07, 6.45) is 8.84. The summed E-state index contributed by atoms with van der Waals surface area (Å²) in [5, 5.41) is 12.4. The Balaban J connectivity index is 1.85. The molecule has 0 spiro atoms. The summed E-state index contributed by atoms with van der Waals surface area (Å²) < 4.78 is 1.94. The average Bonchev–Trinajstić information content (AvgIpc) is 2.88. The normalized spacial score (nSPS) is 18.8. The highest BCUT2D eigenvalue weighted by molar-refractivity contribution is 5.79. The fraction of sp³-hybridized carbons (Fsp3) is 0.636. The Morgan fingerprint density at radius 3 is 2.81 bits per heavy atom. The first-order valence-corrected chi connectivity index (χ1v) is 5.67. The van der Waals surface area contributed by atoms with Gasteiger partial charge in [-0.3, -0.25) is 4.79 Å². The summed E-state index contributed by atoms with van der Waals surface area (Å²) in [5.74, 6) is -0.712. The van der Waals surface area contributed by atoms with Crippen molar-refractivity contribution in [2.45, 2.75) is 37.8 Å². The molecule has 88 valence electrons. The number of imidazole rings is 1. The van der Waals surface area contributed by atoms with Crippen LogP contribution in [0.1, 0.15) is 25.7 Å². The largest absolute Gasteiger partial charge is 0.480 e. The zero-order chi connectivity index (χ0) is 11.4. The van der Waals surface area contributed by atoms with Gasteiger partial charge in [-0.05, 0) is 12.8 Å². The van der Waals surface area contributed by atoms with E-state index in [1.165, 1.54) is 0 Å². The highest BCUT2D eigenvalue weighted by atomic mass is 16.4. The third kappa shape index (κ3) is 2.24. The minimum Gasteiger partial charge on any atom is -0.480 e. The van der Waals surface area contributed by atoms with Gasteiger partial charge in [-0.2, -0.15) is 0 Å². The van der Waals surface area contributed by atoms with Gasteiger partial charge in [0, 0.05) is 25.5 Å². The third-order valence-electron chi connectivity index (χ3n) is 3.26. The van der Waals surface area contributed by atoms with Crippen LogP contribution in [0, 0.1) is 0 Å². The van der Waals surface area contributed by atoms with Gasteiger partial charge in [-0.1, -0.05) is 12.8 Å². The lowest BCUT2D eigenvalue weighted by Crippen LogP contribution is -2.50. The van der Waals surface area contributed by atoms with Crippen molar-refractivity contribution in [3.63, 3.8) is 0 Å². The van der Waals surface area contributed by atoms with Crippen LogP contribution in [0.5, 0.6) is 0 Å². The summed E-state index contributed by atoms with van der Waals surface area (Å²) in [7, 11) is 0. The molecule has 0 saturated heterocycles. The Labute approximate surface area is 94.5 Å².